The molecular weight excluding hydrogens is 406 g/mol. The van der Waals surface area contributed by atoms with E-state index < -0.39 is 11.9 Å². The Kier molecular flexibility index (Phi) is 5.30. The van der Waals surface area contributed by atoms with Gasteiger partial charge >= 0.3 is 5.97 Å². The molecule has 0 saturated carbocycles. The van der Waals surface area contributed by atoms with Crippen molar-refractivity contribution in [1.29, 1.82) is 0 Å². The highest BCUT2D eigenvalue weighted by Crippen LogP contribution is 2.50. The van der Waals surface area contributed by atoms with E-state index in [1.807, 2.05) is 13.8 Å². The lowest BCUT2D eigenvalue weighted by Gasteiger charge is -2.39. The molecule has 0 saturated heterocycles. The van der Waals surface area contributed by atoms with E-state index in [1.165, 1.54) is 0 Å². The number of hydrogen-bond donors (Lipinski definition) is 1. The normalized spacial score (nSPS) is 22.0. The molecule has 1 aliphatic carbocycles. The van der Waals surface area contributed by atoms with Crippen LogP contribution in [0.15, 0.2) is 34.7 Å². The van der Waals surface area contributed by atoms with Crippen LogP contribution in [-0.4, -0.2) is 25.2 Å². The molecule has 0 amide bonds. The lowest BCUT2D eigenvalue weighted by molar-refractivity contribution is -0.139. The average Bonchev–Trinajstić information content (AvgIpc) is 3.10. The van der Waals surface area contributed by atoms with Crippen LogP contribution in [-0.2, 0) is 14.3 Å². The molecule has 2 heterocycles. The van der Waals surface area contributed by atoms with Crippen LogP contribution >= 0.6 is 11.6 Å². The fraction of sp³-hybridized carbons (Fsp3) is 0.478. The van der Waals surface area contributed by atoms with Crippen LogP contribution in [0.2, 0.25) is 5.02 Å². The van der Waals surface area contributed by atoms with Gasteiger partial charge in [-0.1, -0.05) is 32.4 Å². The third-order valence-electron chi connectivity index (χ3n) is 5.70. The first-order valence-corrected chi connectivity index (χ1v) is 10.6. The summed E-state index contributed by atoms with van der Waals surface area (Å²) >= 11 is 6.63. The molecule has 0 fully saturated rings. The minimum Gasteiger partial charge on any atom is -0.462 e. The third kappa shape index (κ3) is 3.58. The van der Waals surface area contributed by atoms with Crippen LogP contribution in [0.25, 0.3) is 0 Å². The van der Waals surface area contributed by atoms with Crippen molar-refractivity contribution in [3.63, 3.8) is 0 Å². The summed E-state index contributed by atoms with van der Waals surface area (Å²) in [5.41, 5.74) is 3.01. The van der Waals surface area contributed by atoms with Crippen LogP contribution in [0.3, 0.4) is 0 Å². The molecule has 30 heavy (non-hydrogen) atoms. The van der Waals surface area contributed by atoms with Gasteiger partial charge in [0.25, 0.3) is 0 Å². The summed E-state index contributed by atoms with van der Waals surface area (Å²) in [6.45, 7) is 8.35. The highest BCUT2D eigenvalue weighted by Gasteiger charge is 2.44. The summed E-state index contributed by atoms with van der Waals surface area (Å²) in [4.78, 5) is 26.3. The molecule has 0 aromatic heterocycles. The van der Waals surface area contributed by atoms with Gasteiger partial charge in [0, 0.05) is 40.4 Å². The van der Waals surface area contributed by atoms with Gasteiger partial charge in [-0.15, -0.1) is 0 Å². The fourth-order valence-electron chi connectivity index (χ4n) is 4.44. The molecule has 1 N–H and O–H groups in total. The first kappa shape index (κ1) is 20.8. The van der Waals surface area contributed by atoms with E-state index in [4.69, 9.17) is 25.8 Å². The maximum absolute atomic E-state index is 13.3. The molecule has 0 radical (unpaired) electrons. The zero-order valence-electron chi connectivity index (χ0n) is 17.7. The van der Waals surface area contributed by atoms with Crippen LogP contribution in [0, 0.1) is 5.41 Å². The average molecular weight is 432 g/mol. The second-order valence-corrected chi connectivity index (χ2v) is 9.20. The minimum atomic E-state index is -0.615. The van der Waals surface area contributed by atoms with E-state index in [0.29, 0.717) is 64.8 Å². The first-order chi connectivity index (χ1) is 14.2. The number of Topliss-reactive ketones (excluding diaryl/α,β-unsaturated/α-hetero) is 1. The SMILES string of the molecule is CCCOC(=O)C1=C(C)NC2=C(C(=O)CC(C)(C)C2)C1c1cc2c(cc1Cl)OCO2. The number of ether oxygens (including phenoxy) is 3. The molecule has 1 atom stereocenters. The summed E-state index contributed by atoms with van der Waals surface area (Å²) in [5.74, 6) is 0.0677. The summed E-state index contributed by atoms with van der Waals surface area (Å²) < 4.78 is 16.4. The zero-order chi connectivity index (χ0) is 21.6. The second-order valence-electron chi connectivity index (χ2n) is 8.79. The smallest absolute Gasteiger partial charge is 0.336 e. The number of nitrogens with one attached hydrogen (secondary N) is 1. The Labute approximate surface area is 181 Å². The maximum Gasteiger partial charge on any atom is 0.336 e. The summed E-state index contributed by atoms with van der Waals surface area (Å²) in [6.07, 6.45) is 1.83. The Balaban J connectivity index is 1.88. The molecule has 1 unspecified atom stereocenters. The molecular formula is C23H26ClNO5. The number of esters is 1. The number of allylic oxidation sites excluding steroid dienone is 3. The third-order valence-corrected chi connectivity index (χ3v) is 6.03. The van der Waals surface area contributed by atoms with Crippen molar-refractivity contribution < 1.29 is 23.8 Å². The first-order valence-electron chi connectivity index (χ1n) is 10.2. The number of rotatable bonds is 4. The molecule has 2 aliphatic heterocycles. The Morgan fingerprint density at radius 2 is 1.97 bits per heavy atom. The van der Waals surface area contributed by atoms with E-state index >= 15 is 0 Å². The summed E-state index contributed by atoms with van der Waals surface area (Å²) in [5, 5.41) is 3.74. The molecule has 0 bridgehead atoms. The molecule has 0 spiro atoms. The van der Waals surface area contributed by atoms with E-state index in [-0.39, 0.29) is 18.0 Å². The van der Waals surface area contributed by atoms with Crippen molar-refractivity contribution in [1.82, 2.24) is 5.32 Å². The maximum atomic E-state index is 13.3. The van der Waals surface area contributed by atoms with Gasteiger partial charge in [-0.25, -0.2) is 4.79 Å². The molecule has 1 aromatic rings. The van der Waals surface area contributed by atoms with Crippen molar-refractivity contribution in [3.8, 4) is 11.5 Å². The van der Waals surface area contributed by atoms with Gasteiger partial charge < -0.3 is 19.5 Å². The number of dihydropyridines is 1. The van der Waals surface area contributed by atoms with E-state index in [1.54, 1.807) is 12.1 Å². The summed E-state index contributed by atoms with van der Waals surface area (Å²) in [6, 6.07) is 3.46. The predicted molar refractivity (Wildman–Crippen MR) is 112 cm³/mol. The number of fused-ring (bicyclic) bond motifs is 1. The van der Waals surface area contributed by atoms with Crippen molar-refractivity contribution in [2.45, 2.75) is 52.9 Å². The highest BCUT2D eigenvalue weighted by atomic mass is 35.5. The van der Waals surface area contributed by atoms with Gasteiger partial charge in [0.15, 0.2) is 17.3 Å². The largest absolute Gasteiger partial charge is 0.462 e. The number of hydrogen-bond acceptors (Lipinski definition) is 6. The number of carbonyl (C=O) groups excluding carboxylic acids is 2. The van der Waals surface area contributed by atoms with Crippen molar-refractivity contribution in [3.05, 3.63) is 45.3 Å². The van der Waals surface area contributed by atoms with Gasteiger partial charge in [-0.3, -0.25) is 4.79 Å². The van der Waals surface area contributed by atoms with E-state index in [0.717, 1.165) is 5.70 Å². The molecule has 6 nitrogen and oxygen atoms in total. The number of ketones is 1. The van der Waals surface area contributed by atoms with Crippen molar-refractivity contribution in [2.24, 2.45) is 5.41 Å². The van der Waals surface area contributed by atoms with Crippen molar-refractivity contribution in [2.75, 3.05) is 13.4 Å². The quantitative estimate of drug-likeness (QED) is 0.701. The standard InChI is InChI=1S/C23H26ClNO5/c1-5-6-28-22(27)19-12(2)25-15-9-23(3,4)10-16(26)21(15)20(19)13-7-17-18(8-14(13)24)30-11-29-17/h7-8,20,25H,5-6,9-11H2,1-4H3. The van der Waals surface area contributed by atoms with Gasteiger partial charge in [0.2, 0.25) is 6.79 Å². The Bertz CT molecular complexity index is 992. The van der Waals surface area contributed by atoms with Gasteiger partial charge in [-0.2, -0.15) is 0 Å². The zero-order valence-corrected chi connectivity index (χ0v) is 18.4. The lowest BCUT2D eigenvalue weighted by atomic mass is 9.68. The summed E-state index contributed by atoms with van der Waals surface area (Å²) in [7, 11) is 0. The number of halogens is 1. The molecule has 3 aliphatic rings. The highest BCUT2D eigenvalue weighted by molar-refractivity contribution is 6.32. The monoisotopic (exact) mass is 431 g/mol. The van der Waals surface area contributed by atoms with Crippen LogP contribution in [0.1, 0.15) is 58.4 Å². The Hall–Kier alpha value is -2.47. The van der Waals surface area contributed by atoms with E-state index in [2.05, 4.69) is 19.2 Å². The predicted octanol–water partition coefficient (Wildman–Crippen LogP) is 4.63. The molecule has 1 aromatic carbocycles. The lowest BCUT2D eigenvalue weighted by Crippen LogP contribution is -2.38. The van der Waals surface area contributed by atoms with Gasteiger partial charge in [-0.05, 0) is 36.8 Å². The number of carbonyl (C=O) groups is 2. The van der Waals surface area contributed by atoms with Crippen molar-refractivity contribution >= 4 is 23.4 Å². The topological polar surface area (TPSA) is 73.9 Å². The molecule has 4 rings (SSSR count). The minimum absolute atomic E-state index is 0.0146. The molecule has 160 valence electrons. The Morgan fingerprint density at radius 1 is 1.27 bits per heavy atom. The van der Waals surface area contributed by atoms with E-state index in [9.17, 15) is 9.59 Å². The van der Waals surface area contributed by atoms with Gasteiger partial charge in [0.05, 0.1) is 12.2 Å². The number of benzene rings is 1. The van der Waals surface area contributed by atoms with Crippen LogP contribution < -0.4 is 14.8 Å². The van der Waals surface area contributed by atoms with Gasteiger partial charge in [0.1, 0.15) is 0 Å². The van der Waals surface area contributed by atoms with Crippen LogP contribution in [0.5, 0.6) is 11.5 Å². The second kappa shape index (κ2) is 7.65. The molecule has 7 heteroatoms. The van der Waals surface area contributed by atoms with Crippen LogP contribution in [0.4, 0.5) is 0 Å². The Morgan fingerprint density at radius 3 is 2.67 bits per heavy atom. The fourth-order valence-corrected chi connectivity index (χ4v) is 4.71.